The Kier molecular flexibility index (Phi) is 4.41. The Morgan fingerprint density at radius 1 is 1.47 bits per heavy atom. The molecule has 0 aromatic carbocycles. The first-order valence-electron chi connectivity index (χ1n) is 5.77. The van der Waals surface area contributed by atoms with Crippen LogP contribution in [0.5, 0.6) is 0 Å². The lowest BCUT2D eigenvalue weighted by molar-refractivity contribution is -0.198. The number of halogens is 3. The number of rotatable bonds is 3. The standard InChI is InChI=1S/C11H18F3NO2/c1-7-4-3-5-15(8(7)2)6-9(10(16)17)11(12,13)14/h7-9H,3-6H2,1-2H3,(H,16,17). The summed E-state index contributed by atoms with van der Waals surface area (Å²) in [7, 11) is 0. The van der Waals surface area contributed by atoms with Crippen LogP contribution in [0.1, 0.15) is 26.7 Å². The fraction of sp³-hybridized carbons (Fsp3) is 0.909. The number of nitrogens with zero attached hydrogens (tertiary/aromatic N) is 1. The van der Waals surface area contributed by atoms with Gasteiger partial charge in [0.1, 0.15) is 0 Å². The van der Waals surface area contributed by atoms with Gasteiger partial charge in [-0.15, -0.1) is 0 Å². The van der Waals surface area contributed by atoms with Crippen molar-refractivity contribution in [1.29, 1.82) is 0 Å². The van der Waals surface area contributed by atoms with Crippen LogP contribution in [-0.2, 0) is 4.79 Å². The molecule has 1 heterocycles. The van der Waals surface area contributed by atoms with Gasteiger partial charge in [0.25, 0.3) is 0 Å². The molecule has 1 fully saturated rings. The Morgan fingerprint density at radius 3 is 2.53 bits per heavy atom. The van der Waals surface area contributed by atoms with Crippen LogP contribution in [-0.4, -0.2) is 41.3 Å². The number of hydrogen-bond acceptors (Lipinski definition) is 2. The van der Waals surface area contributed by atoms with Gasteiger partial charge in [-0.2, -0.15) is 13.2 Å². The largest absolute Gasteiger partial charge is 0.481 e. The molecule has 100 valence electrons. The molecule has 0 aliphatic carbocycles. The molecular formula is C11H18F3NO2. The number of aliphatic carboxylic acids is 1. The van der Waals surface area contributed by atoms with E-state index in [0.29, 0.717) is 12.5 Å². The van der Waals surface area contributed by atoms with Crippen LogP contribution in [0.25, 0.3) is 0 Å². The number of carboxylic acid groups (broad SMARTS) is 1. The van der Waals surface area contributed by atoms with Gasteiger partial charge in [-0.1, -0.05) is 6.92 Å². The zero-order valence-electron chi connectivity index (χ0n) is 10.00. The molecular weight excluding hydrogens is 235 g/mol. The average Bonchev–Trinajstić information content (AvgIpc) is 2.17. The fourth-order valence-electron chi connectivity index (χ4n) is 2.23. The number of carbonyl (C=O) groups is 1. The molecule has 1 rings (SSSR count). The number of alkyl halides is 3. The summed E-state index contributed by atoms with van der Waals surface area (Å²) >= 11 is 0. The Morgan fingerprint density at radius 2 is 2.06 bits per heavy atom. The quantitative estimate of drug-likeness (QED) is 0.839. The summed E-state index contributed by atoms with van der Waals surface area (Å²) in [5, 5.41) is 8.65. The van der Waals surface area contributed by atoms with Gasteiger partial charge in [-0.3, -0.25) is 9.69 Å². The van der Waals surface area contributed by atoms with Crippen LogP contribution in [0.4, 0.5) is 13.2 Å². The third-order valence-corrected chi connectivity index (χ3v) is 3.61. The second-order valence-electron chi connectivity index (χ2n) is 4.79. The zero-order chi connectivity index (χ0) is 13.2. The highest BCUT2D eigenvalue weighted by Crippen LogP contribution is 2.30. The molecule has 0 aromatic heterocycles. The maximum atomic E-state index is 12.5. The minimum Gasteiger partial charge on any atom is -0.481 e. The summed E-state index contributed by atoms with van der Waals surface area (Å²) in [5.74, 6) is -3.76. The third-order valence-electron chi connectivity index (χ3n) is 3.61. The van der Waals surface area contributed by atoms with E-state index in [2.05, 4.69) is 0 Å². The maximum Gasteiger partial charge on any atom is 0.403 e. The first-order chi connectivity index (χ1) is 7.73. The molecule has 0 spiro atoms. The predicted molar refractivity (Wildman–Crippen MR) is 56.6 cm³/mol. The summed E-state index contributed by atoms with van der Waals surface area (Å²) in [5.41, 5.74) is 0. The van der Waals surface area contributed by atoms with E-state index < -0.39 is 24.6 Å². The second-order valence-corrected chi connectivity index (χ2v) is 4.79. The molecule has 6 heteroatoms. The molecule has 3 atom stereocenters. The van der Waals surface area contributed by atoms with Crippen LogP contribution in [0.2, 0.25) is 0 Å². The van der Waals surface area contributed by atoms with E-state index in [1.165, 1.54) is 0 Å². The molecule has 3 nitrogen and oxygen atoms in total. The van der Waals surface area contributed by atoms with Crippen molar-refractivity contribution in [3.05, 3.63) is 0 Å². The van der Waals surface area contributed by atoms with Crippen LogP contribution < -0.4 is 0 Å². The normalized spacial score (nSPS) is 29.0. The van der Waals surface area contributed by atoms with Gasteiger partial charge in [0, 0.05) is 12.6 Å². The van der Waals surface area contributed by atoms with Crippen molar-refractivity contribution in [3.8, 4) is 0 Å². The molecule has 3 unspecified atom stereocenters. The molecule has 1 N–H and O–H groups in total. The highest BCUT2D eigenvalue weighted by molar-refractivity contribution is 5.71. The molecule has 1 aliphatic rings. The molecule has 1 saturated heterocycles. The number of piperidine rings is 1. The highest BCUT2D eigenvalue weighted by Gasteiger charge is 2.46. The van der Waals surface area contributed by atoms with E-state index >= 15 is 0 Å². The van der Waals surface area contributed by atoms with E-state index in [9.17, 15) is 18.0 Å². The highest BCUT2D eigenvalue weighted by atomic mass is 19.4. The van der Waals surface area contributed by atoms with Gasteiger partial charge in [-0.25, -0.2) is 0 Å². The fourth-order valence-corrected chi connectivity index (χ4v) is 2.23. The van der Waals surface area contributed by atoms with E-state index in [0.717, 1.165) is 12.8 Å². The summed E-state index contributed by atoms with van der Waals surface area (Å²) in [6.07, 6.45) is -2.86. The number of carboxylic acids is 1. The Labute approximate surface area is 98.6 Å². The van der Waals surface area contributed by atoms with E-state index in [-0.39, 0.29) is 6.04 Å². The number of hydrogen-bond donors (Lipinski definition) is 1. The lowest BCUT2D eigenvalue weighted by atomic mass is 9.91. The van der Waals surface area contributed by atoms with Gasteiger partial charge in [0.2, 0.25) is 0 Å². The average molecular weight is 253 g/mol. The molecule has 17 heavy (non-hydrogen) atoms. The third kappa shape index (κ3) is 3.59. The lowest BCUT2D eigenvalue weighted by Crippen LogP contribution is -2.49. The van der Waals surface area contributed by atoms with Gasteiger partial charge in [-0.05, 0) is 32.2 Å². The van der Waals surface area contributed by atoms with Crippen molar-refractivity contribution in [2.75, 3.05) is 13.1 Å². The van der Waals surface area contributed by atoms with Gasteiger partial charge >= 0.3 is 12.1 Å². The van der Waals surface area contributed by atoms with Crippen LogP contribution in [0.3, 0.4) is 0 Å². The second kappa shape index (κ2) is 5.25. The smallest absolute Gasteiger partial charge is 0.403 e. The van der Waals surface area contributed by atoms with E-state index in [1.54, 1.807) is 4.90 Å². The molecule has 1 aliphatic heterocycles. The predicted octanol–water partition coefficient (Wildman–Crippen LogP) is 2.37. The van der Waals surface area contributed by atoms with E-state index in [4.69, 9.17) is 5.11 Å². The number of likely N-dealkylation sites (tertiary alicyclic amines) is 1. The van der Waals surface area contributed by atoms with Crippen LogP contribution in [0, 0.1) is 11.8 Å². The Bertz CT molecular complexity index is 280. The minimum atomic E-state index is -4.67. The molecule has 0 bridgehead atoms. The lowest BCUT2D eigenvalue weighted by Gasteiger charge is -2.39. The van der Waals surface area contributed by atoms with Gasteiger partial charge in [0.15, 0.2) is 5.92 Å². The SMILES string of the molecule is CC1CCCN(CC(C(=O)O)C(F)(F)F)C1C. The Balaban J connectivity index is 2.70. The first-order valence-corrected chi connectivity index (χ1v) is 5.77. The summed E-state index contributed by atoms with van der Waals surface area (Å²) < 4.78 is 37.6. The van der Waals surface area contributed by atoms with Crippen molar-refractivity contribution in [3.63, 3.8) is 0 Å². The van der Waals surface area contributed by atoms with Crippen LogP contribution >= 0.6 is 0 Å². The van der Waals surface area contributed by atoms with Gasteiger partial charge < -0.3 is 5.11 Å². The van der Waals surface area contributed by atoms with Gasteiger partial charge in [0.05, 0.1) is 0 Å². The molecule has 0 aromatic rings. The molecule has 0 saturated carbocycles. The molecule has 0 amide bonds. The van der Waals surface area contributed by atoms with Crippen molar-refractivity contribution in [2.24, 2.45) is 11.8 Å². The monoisotopic (exact) mass is 253 g/mol. The summed E-state index contributed by atoms with van der Waals surface area (Å²) in [4.78, 5) is 12.3. The Hall–Kier alpha value is -0.780. The topological polar surface area (TPSA) is 40.5 Å². The minimum absolute atomic E-state index is 0.00736. The first kappa shape index (κ1) is 14.3. The van der Waals surface area contributed by atoms with Crippen molar-refractivity contribution < 1.29 is 23.1 Å². The van der Waals surface area contributed by atoms with Crippen molar-refractivity contribution in [2.45, 2.75) is 38.9 Å². The molecule has 0 radical (unpaired) electrons. The van der Waals surface area contributed by atoms with Crippen LogP contribution in [0.15, 0.2) is 0 Å². The maximum absolute atomic E-state index is 12.5. The summed E-state index contributed by atoms with van der Waals surface area (Å²) in [6.45, 7) is 3.95. The summed E-state index contributed by atoms with van der Waals surface area (Å²) in [6, 6.07) is 0.00736. The van der Waals surface area contributed by atoms with Crippen molar-refractivity contribution >= 4 is 5.97 Å². The van der Waals surface area contributed by atoms with Crippen molar-refractivity contribution in [1.82, 2.24) is 4.90 Å². The zero-order valence-corrected chi connectivity index (χ0v) is 10.00. The van der Waals surface area contributed by atoms with E-state index in [1.807, 2.05) is 13.8 Å².